The van der Waals surface area contributed by atoms with Crippen LogP contribution in [-0.2, 0) is 17.6 Å². The van der Waals surface area contributed by atoms with E-state index >= 15 is 0 Å². The molecule has 0 spiro atoms. The van der Waals surface area contributed by atoms with Crippen LogP contribution in [0.4, 0.5) is 11.5 Å². The van der Waals surface area contributed by atoms with E-state index in [9.17, 15) is 14.9 Å². The third-order valence-corrected chi connectivity index (χ3v) is 2.96. The fourth-order valence-electron chi connectivity index (χ4n) is 2.02. The van der Waals surface area contributed by atoms with Gasteiger partial charge in [0.05, 0.1) is 11.3 Å². The maximum absolute atomic E-state index is 11.9. The largest absolute Gasteiger partial charge is 0.309 e. The van der Waals surface area contributed by atoms with E-state index < -0.39 is 4.92 Å². The van der Waals surface area contributed by atoms with Crippen LogP contribution in [0.1, 0.15) is 24.6 Å². The van der Waals surface area contributed by atoms with Crippen molar-refractivity contribution >= 4 is 17.4 Å². The first-order valence-electron chi connectivity index (χ1n) is 6.66. The summed E-state index contributed by atoms with van der Waals surface area (Å²) >= 11 is 0. The van der Waals surface area contributed by atoms with E-state index in [-0.39, 0.29) is 18.0 Å². The van der Waals surface area contributed by atoms with Crippen LogP contribution in [0.15, 0.2) is 30.3 Å². The zero-order valence-corrected chi connectivity index (χ0v) is 11.6. The molecule has 110 valence electrons. The molecule has 1 aromatic carbocycles. The van der Waals surface area contributed by atoms with Crippen LogP contribution in [0.3, 0.4) is 0 Å². The minimum atomic E-state index is -0.490. The van der Waals surface area contributed by atoms with Crippen molar-refractivity contribution in [3.63, 3.8) is 0 Å². The molecule has 0 aliphatic carbocycles. The Bertz CT molecular complexity index is 651. The van der Waals surface area contributed by atoms with Gasteiger partial charge in [0.15, 0.2) is 5.82 Å². The first-order chi connectivity index (χ1) is 10.1. The Morgan fingerprint density at radius 2 is 2.19 bits per heavy atom. The van der Waals surface area contributed by atoms with Gasteiger partial charge in [-0.05, 0) is 6.42 Å². The standard InChI is InChI=1S/C14H16N4O3/c1-2-5-11-9-13(17-16-11)15-14(19)8-10-6-3-4-7-12(10)18(20)21/h3-4,6-7,9H,2,5,8H2,1H3,(H2,15,16,17,19). The summed E-state index contributed by atoms with van der Waals surface area (Å²) in [5, 5.41) is 20.3. The molecule has 1 heterocycles. The van der Waals surface area contributed by atoms with E-state index in [1.165, 1.54) is 6.07 Å². The van der Waals surface area contributed by atoms with Gasteiger partial charge in [-0.15, -0.1) is 0 Å². The number of carbonyl (C=O) groups is 1. The second-order valence-electron chi connectivity index (χ2n) is 4.64. The molecule has 0 saturated heterocycles. The fourth-order valence-corrected chi connectivity index (χ4v) is 2.02. The van der Waals surface area contributed by atoms with Crippen molar-refractivity contribution in [3.05, 3.63) is 51.7 Å². The van der Waals surface area contributed by atoms with E-state index in [4.69, 9.17) is 0 Å². The molecule has 0 saturated carbocycles. The molecule has 0 aliphatic rings. The van der Waals surface area contributed by atoms with Crippen LogP contribution in [0.5, 0.6) is 0 Å². The molecule has 0 unspecified atom stereocenters. The highest BCUT2D eigenvalue weighted by atomic mass is 16.6. The molecule has 2 aromatic rings. The fraction of sp³-hybridized carbons (Fsp3) is 0.286. The molecule has 0 atom stereocenters. The number of nitro groups is 1. The highest BCUT2D eigenvalue weighted by Crippen LogP contribution is 2.18. The van der Waals surface area contributed by atoms with E-state index in [0.29, 0.717) is 11.4 Å². The van der Waals surface area contributed by atoms with Crippen LogP contribution >= 0.6 is 0 Å². The number of H-pyrrole nitrogens is 1. The van der Waals surface area contributed by atoms with E-state index in [0.717, 1.165) is 18.5 Å². The van der Waals surface area contributed by atoms with Gasteiger partial charge in [-0.25, -0.2) is 0 Å². The Morgan fingerprint density at radius 1 is 1.43 bits per heavy atom. The van der Waals surface area contributed by atoms with E-state index in [1.807, 2.05) is 6.92 Å². The molecule has 1 amide bonds. The number of aromatic nitrogens is 2. The third-order valence-electron chi connectivity index (χ3n) is 2.96. The lowest BCUT2D eigenvalue weighted by Gasteiger charge is -2.03. The van der Waals surface area contributed by atoms with Crippen molar-refractivity contribution in [2.45, 2.75) is 26.2 Å². The average Bonchev–Trinajstić information content (AvgIpc) is 2.86. The molecule has 0 aliphatic heterocycles. The minimum Gasteiger partial charge on any atom is -0.309 e. The van der Waals surface area contributed by atoms with Gasteiger partial charge in [0, 0.05) is 23.4 Å². The lowest BCUT2D eigenvalue weighted by molar-refractivity contribution is -0.385. The number of carbonyl (C=O) groups excluding carboxylic acids is 1. The summed E-state index contributed by atoms with van der Waals surface area (Å²) in [5.74, 6) is 0.0980. The lowest BCUT2D eigenvalue weighted by atomic mass is 10.1. The van der Waals surface area contributed by atoms with Crippen LogP contribution in [0, 0.1) is 10.1 Å². The molecular weight excluding hydrogens is 272 g/mol. The quantitative estimate of drug-likeness (QED) is 0.629. The molecule has 2 N–H and O–H groups in total. The molecule has 7 heteroatoms. The Labute approximate surface area is 121 Å². The van der Waals surface area contributed by atoms with Crippen molar-refractivity contribution in [2.75, 3.05) is 5.32 Å². The number of aryl methyl sites for hydroxylation is 1. The van der Waals surface area contributed by atoms with E-state index in [1.54, 1.807) is 24.3 Å². The van der Waals surface area contributed by atoms with Gasteiger partial charge >= 0.3 is 0 Å². The van der Waals surface area contributed by atoms with Crippen molar-refractivity contribution in [1.29, 1.82) is 0 Å². The van der Waals surface area contributed by atoms with Gasteiger partial charge in [0.1, 0.15) is 0 Å². The Hall–Kier alpha value is -2.70. The Kier molecular flexibility index (Phi) is 4.65. The molecule has 0 radical (unpaired) electrons. The maximum atomic E-state index is 11.9. The molecular formula is C14H16N4O3. The summed E-state index contributed by atoms with van der Waals surface area (Å²) in [7, 11) is 0. The van der Waals surface area contributed by atoms with Crippen molar-refractivity contribution in [1.82, 2.24) is 10.2 Å². The molecule has 0 fully saturated rings. The van der Waals surface area contributed by atoms with Crippen molar-refractivity contribution < 1.29 is 9.72 Å². The average molecular weight is 288 g/mol. The monoisotopic (exact) mass is 288 g/mol. The van der Waals surface area contributed by atoms with Gasteiger partial charge in [0.25, 0.3) is 5.69 Å². The van der Waals surface area contributed by atoms with Crippen LogP contribution in [0.25, 0.3) is 0 Å². The number of nitro benzene ring substituents is 1. The van der Waals surface area contributed by atoms with Crippen molar-refractivity contribution in [2.24, 2.45) is 0 Å². The Morgan fingerprint density at radius 3 is 2.90 bits per heavy atom. The molecule has 0 bridgehead atoms. The molecule has 21 heavy (non-hydrogen) atoms. The first kappa shape index (κ1) is 14.7. The first-order valence-corrected chi connectivity index (χ1v) is 6.66. The van der Waals surface area contributed by atoms with Crippen LogP contribution in [0.2, 0.25) is 0 Å². The Balaban J connectivity index is 2.03. The summed E-state index contributed by atoms with van der Waals surface area (Å²) in [5.41, 5.74) is 1.27. The summed E-state index contributed by atoms with van der Waals surface area (Å²) in [6.45, 7) is 2.05. The summed E-state index contributed by atoms with van der Waals surface area (Å²) in [6.07, 6.45) is 1.77. The van der Waals surface area contributed by atoms with Gasteiger partial charge < -0.3 is 5.32 Å². The van der Waals surface area contributed by atoms with Gasteiger partial charge in [-0.1, -0.05) is 31.5 Å². The second-order valence-corrected chi connectivity index (χ2v) is 4.64. The highest BCUT2D eigenvalue weighted by Gasteiger charge is 2.16. The number of benzene rings is 1. The van der Waals surface area contributed by atoms with Crippen molar-refractivity contribution in [3.8, 4) is 0 Å². The molecule has 2 rings (SSSR count). The zero-order valence-electron chi connectivity index (χ0n) is 11.6. The lowest BCUT2D eigenvalue weighted by Crippen LogP contribution is -2.15. The summed E-state index contributed by atoms with van der Waals surface area (Å²) < 4.78 is 0. The zero-order chi connectivity index (χ0) is 15.2. The van der Waals surface area contributed by atoms with Gasteiger partial charge in [-0.3, -0.25) is 20.0 Å². The topological polar surface area (TPSA) is 101 Å². The van der Waals surface area contributed by atoms with Gasteiger partial charge in [-0.2, -0.15) is 5.10 Å². The number of nitrogens with zero attached hydrogens (tertiary/aromatic N) is 2. The maximum Gasteiger partial charge on any atom is 0.273 e. The second kappa shape index (κ2) is 6.65. The SMILES string of the molecule is CCCc1cc(NC(=O)Cc2ccccc2[N+](=O)[O-])n[nH]1. The normalized spacial score (nSPS) is 10.3. The predicted octanol–water partition coefficient (Wildman–Crippen LogP) is 2.45. The summed E-state index contributed by atoms with van der Waals surface area (Å²) in [6, 6.07) is 7.97. The minimum absolute atomic E-state index is 0.0543. The number of nitrogens with one attached hydrogen (secondary N) is 2. The predicted molar refractivity (Wildman–Crippen MR) is 78.0 cm³/mol. The number of hydrogen-bond donors (Lipinski definition) is 2. The number of anilines is 1. The third kappa shape index (κ3) is 3.88. The molecule has 7 nitrogen and oxygen atoms in total. The van der Waals surface area contributed by atoms with Gasteiger partial charge in [0.2, 0.25) is 5.91 Å². The smallest absolute Gasteiger partial charge is 0.273 e. The highest BCUT2D eigenvalue weighted by molar-refractivity contribution is 5.92. The van der Waals surface area contributed by atoms with E-state index in [2.05, 4.69) is 15.5 Å². The van der Waals surface area contributed by atoms with Crippen LogP contribution < -0.4 is 5.32 Å². The molecule has 1 aromatic heterocycles. The number of hydrogen-bond acceptors (Lipinski definition) is 4. The number of amides is 1. The van der Waals surface area contributed by atoms with Crippen LogP contribution in [-0.4, -0.2) is 21.0 Å². The number of para-hydroxylation sites is 1. The summed E-state index contributed by atoms with van der Waals surface area (Å²) in [4.78, 5) is 22.3. The number of aromatic amines is 1. The number of rotatable bonds is 6.